The van der Waals surface area contributed by atoms with E-state index in [2.05, 4.69) is 29.5 Å². The number of aromatic nitrogens is 2. The number of nitrogens with one attached hydrogen (secondary N) is 1. The molecule has 0 bridgehead atoms. The Kier molecular flexibility index (Phi) is 5.31. The van der Waals surface area contributed by atoms with Crippen LogP contribution in [0.25, 0.3) is 11.1 Å². The second-order valence-electron chi connectivity index (χ2n) is 7.04. The van der Waals surface area contributed by atoms with Gasteiger partial charge in [0.1, 0.15) is 11.3 Å². The van der Waals surface area contributed by atoms with Crippen molar-refractivity contribution in [1.29, 1.82) is 0 Å². The van der Waals surface area contributed by atoms with Gasteiger partial charge >= 0.3 is 0 Å². The Bertz CT molecular complexity index is 944. The van der Waals surface area contributed by atoms with Crippen LogP contribution >= 0.6 is 0 Å². The lowest BCUT2D eigenvalue weighted by molar-refractivity contribution is -0.129. The van der Waals surface area contributed by atoms with Gasteiger partial charge in [0.25, 0.3) is 0 Å². The molecule has 0 spiro atoms. The van der Waals surface area contributed by atoms with E-state index < -0.39 is 5.54 Å². The van der Waals surface area contributed by atoms with Crippen LogP contribution in [-0.2, 0) is 16.9 Å². The first-order valence-corrected chi connectivity index (χ1v) is 8.95. The van der Waals surface area contributed by atoms with E-state index in [4.69, 9.17) is 4.74 Å². The van der Waals surface area contributed by atoms with Gasteiger partial charge in [-0.15, -0.1) is 0 Å². The molecular weight excluding hydrogens is 338 g/mol. The van der Waals surface area contributed by atoms with Gasteiger partial charge in [0.2, 0.25) is 5.91 Å². The lowest BCUT2D eigenvalue weighted by Crippen LogP contribution is -2.44. The van der Waals surface area contributed by atoms with Crippen LogP contribution in [0.4, 0.5) is 0 Å². The number of carbonyl (C=O) groups excluding carboxylic acids is 1. The molecular formula is C22H25N3O2. The van der Waals surface area contributed by atoms with Crippen molar-refractivity contribution in [1.82, 2.24) is 15.1 Å². The summed E-state index contributed by atoms with van der Waals surface area (Å²) in [6, 6.07) is 15.8. The lowest BCUT2D eigenvalue weighted by Gasteiger charge is -2.24. The Labute approximate surface area is 160 Å². The summed E-state index contributed by atoms with van der Waals surface area (Å²) in [6.45, 7) is 6.19. The number of amides is 1. The molecule has 0 atom stereocenters. The summed E-state index contributed by atoms with van der Waals surface area (Å²) < 4.78 is 7.06. The minimum Gasteiger partial charge on any atom is -0.496 e. The van der Waals surface area contributed by atoms with Gasteiger partial charge < -0.3 is 10.1 Å². The summed E-state index contributed by atoms with van der Waals surface area (Å²) in [6.07, 6.45) is 3.72. The molecule has 1 heterocycles. The first kappa shape index (κ1) is 18.7. The van der Waals surface area contributed by atoms with Crippen molar-refractivity contribution >= 4 is 5.91 Å². The highest BCUT2D eigenvalue weighted by atomic mass is 16.5. The van der Waals surface area contributed by atoms with Gasteiger partial charge in [-0.3, -0.25) is 9.48 Å². The van der Waals surface area contributed by atoms with Crippen LogP contribution in [0.1, 0.15) is 25.0 Å². The Morgan fingerprint density at radius 1 is 1.15 bits per heavy atom. The normalized spacial score (nSPS) is 11.3. The summed E-state index contributed by atoms with van der Waals surface area (Å²) >= 11 is 0. The molecule has 1 N–H and O–H groups in total. The molecule has 27 heavy (non-hydrogen) atoms. The molecule has 0 saturated carbocycles. The first-order valence-electron chi connectivity index (χ1n) is 8.95. The van der Waals surface area contributed by atoms with E-state index in [0.717, 1.165) is 22.4 Å². The van der Waals surface area contributed by atoms with E-state index >= 15 is 0 Å². The molecule has 1 amide bonds. The number of para-hydroxylation sites is 1. The average Bonchev–Trinajstić information content (AvgIpc) is 3.17. The summed E-state index contributed by atoms with van der Waals surface area (Å²) in [7, 11) is 1.63. The van der Waals surface area contributed by atoms with Crippen molar-refractivity contribution < 1.29 is 9.53 Å². The van der Waals surface area contributed by atoms with Gasteiger partial charge in [-0.2, -0.15) is 5.10 Å². The predicted octanol–water partition coefficient (Wildman–Crippen LogP) is 3.92. The van der Waals surface area contributed by atoms with Crippen LogP contribution in [0.15, 0.2) is 60.9 Å². The van der Waals surface area contributed by atoms with E-state index in [1.54, 1.807) is 18.0 Å². The molecule has 3 rings (SSSR count). The number of benzene rings is 2. The van der Waals surface area contributed by atoms with Crippen LogP contribution in [0, 0.1) is 6.92 Å². The van der Waals surface area contributed by atoms with Gasteiger partial charge in [0.05, 0.1) is 13.3 Å². The molecule has 0 aliphatic rings. The largest absolute Gasteiger partial charge is 0.496 e. The van der Waals surface area contributed by atoms with Gasteiger partial charge in [-0.1, -0.05) is 42.5 Å². The molecule has 0 unspecified atom stereocenters. The van der Waals surface area contributed by atoms with E-state index in [1.165, 1.54) is 5.56 Å². The molecule has 0 fully saturated rings. The van der Waals surface area contributed by atoms with Crippen LogP contribution in [0.3, 0.4) is 0 Å². The summed E-state index contributed by atoms with van der Waals surface area (Å²) in [5, 5.41) is 7.44. The third-order valence-electron chi connectivity index (χ3n) is 4.80. The van der Waals surface area contributed by atoms with Crippen molar-refractivity contribution in [3.05, 3.63) is 72.1 Å². The maximum absolute atomic E-state index is 12.8. The van der Waals surface area contributed by atoms with Crippen molar-refractivity contribution in [2.45, 2.75) is 32.9 Å². The molecule has 5 nitrogen and oxygen atoms in total. The van der Waals surface area contributed by atoms with Gasteiger partial charge in [0, 0.05) is 23.9 Å². The van der Waals surface area contributed by atoms with Crippen LogP contribution in [0.5, 0.6) is 5.75 Å². The fourth-order valence-corrected chi connectivity index (χ4v) is 3.01. The summed E-state index contributed by atoms with van der Waals surface area (Å²) in [5.74, 6) is 0.657. The maximum atomic E-state index is 12.8. The molecule has 0 radical (unpaired) electrons. The quantitative estimate of drug-likeness (QED) is 0.722. The maximum Gasteiger partial charge on any atom is 0.247 e. The molecule has 0 saturated heterocycles. The number of carbonyl (C=O) groups is 1. The Morgan fingerprint density at radius 3 is 2.59 bits per heavy atom. The number of aryl methyl sites for hydroxylation is 1. The number of ether oxygens (including phenoxy) is 1. The van der Waals surface area contributed by atoms with Crippen molar-refractivity contribution in [3.8, 4) is 16.9 Å². The molecule has 5 heteroatoms. The zero-order valence-electron chi connectivity index (χ0n) is 16.2. The third-order valence-corrected chi connectivity index (χ3v) is 4.80. The lowest BCUT2D eigenvalue weighted by atomic mass is 10.0. The molecule has 2 aromatic carbocycles. The smallest absolute Gasteiger partial charge is 0.247 e. The number of methoxy groups -OCH3 is 1. The SMILES string of the molecule is COc1ccccc1CNC(=O)C(C)(C)n1cc(-c2ccccc2C)cn1. The average molecular weight is 363 g/mol. The minimum atomic E-state index is -0.817. The van der Waals surface area contributed by atoms with Crippen LogP contribution < -0.4 is 10.1 Å². The third kappa shape index (κ3) is 3.87. The van der Waals surface area contributed by atoms with E-state index in [-0.39, 0.29) is 5.91 Å². The van der Waals surface area contributed by atoms with Crippen molar-refractivity contribution in [2.24, 2.45) is 0 Å². The van der Waals surface area contributed by atoms with E-state index in [0.29, 0.717) is 6.54 Å². The minimum absolute atomic E-state index is 0.104. The van der Waals surface area contributed by atoms with Gasteiger partial charge in [-0.25, -0.2) is 0 Å². The molecule has 0 aliphatic carbocycles. The fraction of sp³-hybridized carbons (Fsp3) is 0.273. The Morgan fingerprint density at radius 2 is 1.85 bits per heavy atom. The predicted molar refractivity (Wildman–Crippen MR) is 107 cm³/mol. The topological polar surface area (TPSA) is 56.1 Å². The van der Waals surface area contributed by atoms with E-state index in [9.17, 15) is 4.79 Å². The van der Waals surface area contributed by atoms with Crippen LogP contribution in [0.2, 0.25) is 0 Å². The van der Waals surface area contributed by atoms with Gasteiger partial charge in [0.15, 0.2) is 0 Å². The number of hydrogen-bond acceptors (Lipinski definition) is 3. The van der Waals surface area contributed by atoms with Crippen molar-refractivity contribution in [3.63, 3.8) is 0 Å². The monoisotopic (exact) mass is 363 g/mol. The standard InChI is InChI=1S/C22H25N3O2/c1-16-9-5-7-11-19(16)18-14-24-25(15-18)22(2,3)21(26)23-13-17-10-6-8-12-20(17)27-4/h5-12,14-15H,13H2,1-4H3,(H,23,26). The molecule has 140 valence electrons. The number of nitrogens with zero attached hydrogens (tertiary/aromatic N) is 2. The molecule has 1 aromatic heterocycles. The second kappa shape index (κ2) is 7.66. The molecule has 0 aliphatic heterocycles. The highest BCUT2D eigenvalue weighted by Gasteiger charge is 2.30. The van der Waals surface area contributed by atoms with Gasteiger partial charge in [-0.05, 0) is 38.0 Å². The summed E-state index contributed by atoms with van der Waals surface area (Å²) in [5.41, 5.74) is 3.41. The van der Waals surface area contributed by atoms with Crippen molar-refractivity contribution in [2.75, 3.05) is 7.11 Å². The number of hydrogen-bond donors (Lipinski definition) is 1. The van der Waals surface area contributed by atoms with E-state index in [1.807, 2.05) is 56.4 Å². The highest BCUT2D eigenvalue weighted by Crippen LogP contribution is 2.25. The Balaban J connectivity index is 1.76. The molecule has 3 aromatic rings. The van der Waals surface area contributed by atoms with Crippen LogP contribution in [-0.4, -0.2) is 22.8 Å². The first-order chi connectivity index (χ1) is 12.9. The number of rotatable bonds is 6. The summed E-state index contributed by atoms with van der Waals surface area (Å²) in [4.78, 5) is 12.8. The Hall–Kier alpha value is -3.08. The zero-order chi connectivity index (χ0) is 19.4. The fourth-order valence-electron chi connectivity index (χ4n) is 3.01. The highest BCUT2D eigenvalue weighted by molar-refractivity contribution is 5.83. The zero-order valence-corrected chi connectivity index (χ0v) is 16.2. The second-order valence-corrected chi connectivity index (χ2v) is 7.04.